The predicted octanol–water partition coefficient (Wildman–Crippen LogP) is 1.06. The van der Waals surface area contributed by atoms with E-state index in [0.29, 0.717) is 11.1 Å². The van der Waals surface area contributed by atoms with Gasteiger partial charge in [0.05, 0.1) is 12.3 Å². The molecular formula is C9H12N4O2S. The Kier molecular flexibility index (Phi) is 2.97. The number of aryl methyl sites for hydroxylation is 3. The number of hydrogen-bond acceptors (Lipinski definition) is 6. The molecule has 0 radical (unpaired) electrons. The molecule has 1 N–H and O–H groups in total. The van der Waals surface area contributed by atoms with E-state index in [1.807, 2.05) is 14.0 Å². The first-order valence-electron chi connectivity index (χ1n) is 4.73. The molecule has 16 heavy (non-hydrogen) atoms. The number of rotatable bonds is 3. The molecule has 7 heteroatoms. The fourth-order valence-electron chi connectivity index (χ4n) is 1.39. The standard InChI is InChI=1S/C9H12N4O2S/c1-5-7(4-14)8(13(3)12-5)16-9-11-10-6(2)15-9/h14H,4H2,1-3H3. The van der Waals surface area contributed by atoms with Gasteiger partial charge >= 0.3 is 0 Å². The highest BCUT2D eigenvalue weighted by atomic mass is 32.2. The number of aliphatic hydroxyl groups excluding tert-OH is 1. The van der Waals surface area contributed by atoms with Crippen LogP contribution in [0.1, 0.15) is 17.1 Å². The van der Waals surface area contributed by atoms with E-state index in [1.165, 1.54) is 11.8 Å². The quantitative estimate of drug-likeness (QED) is 0.864. The monoisotopic (exact) mass is 240 g/mol. The summed E-state index contributed by atoms with van der Waals surface area (Å²) in [6.45, 7) is 3.54. The lowest BCUT2D eigenvalue weighted by Crippen LogP contribution is -1.93. The van der Waals surface area contributed by atoms with Crippen LogP contribution in [0.3, 0.4) is 0 Å². The summed E-state index contributed by atoms with van der Waals surface area (Å²) in [7, 11) is 1.82. The molecule has 86 valence electrons. The molecule has 0 saturated carbocycles. The lowest BCUT2D eigenvalue weighted by molar-refractivity contribution is 0.277. The van der Waals surface area contributed by atoms with E-state index < -0.39 is 0 Å². The zero-order valence-corrected chi connectivity index (χ0v) is 10.1. The molecule has 0 aliphatic rings. The van der Waals surface area contributed by atoms with Crippen LogP contribution in [0.15, 0.2) is 14.7 Å². The van der Waals surface area contributed by atoms with E-state index in [1.54, 1.807) is 11.6 Å². The molecule has 0 unspecified atom stereocenters. The molecule has 0 saturated heterocycles. The first kappa shape index (κ1) is 11.2. The highest BCUT2D eigenvalue weighted by molar-refractivity contribution is 7.99. The average molecular weight is 240 g/mol. The van der Waals surface area contributed by atoms with Gasteiger partial charge in [-0.2, -0.15) is 5.10 Å². The normalized spacial score (nSPS) is 11.0. The summed E-state index contributed by atoms with van der Waals surface area (Å²) in [5.41, 5.74) is 1.60. The van der Waals surface area contributed by atoms with Crippen molar-refractivity contribution >= 4 is 11.8 Å². The summed E-state index contributed by atoms with van der Waals surface area (Å²) in [5.74, 6) is 0.520. The van der Waals surface area contributed by atoms with Crippen LogP contribution in [0.4, 0.5) is 0 Å². The Bertz CT molecular complexity index is 506. The maximum absolute atomic E-state index is 9.26. The Labute approximate surface area is 96.7 Å². The van der Waals surface area contributed by atoms with Gasteiger partial charge in [0.1, 0.15) is 5.03 Å². The highest BCUT2D eigenvalue weighted by Crippen LogP contribution is 2.30. The first-order chi connectivity index (χ1) is 7.61. The Hall–Kier alpha value is -1.34. The van der Waals surface area contributed by atoms with Gasteiger partial charge in [-0.3, -0.25) is 4.68 Å². The lowest BCUT2D eigenvalue weighted by Gasteiger charge is -1.99. The van der Waals surface area contributed by atoms with Gasteiger partial charge in [0.2, 0.25) is 5.89 Å². The smallest absolute Gasteiger partial charge is 0.282 e. The molecule has 0 aliphatic carbocycles. The van der Waals surface area contributed by atoms with Crippen molar-refractivity contribution in [3.63, 3.8) is 0 Å². The first-order valence-corrected chi connectivity index (χ1v) is 5.54. The summed E-state index contributed by atoms with van der Waals surface area (Å²) in [6, 6.07) is 0. The van der Waals surface area contributed by atoms with Gasteiger partial charge in [-0.15, -0.1) is 10.2 Å². The van der Waals surface area contributed by atoms with E-state index in [9.17, 15) is 5.11 Å². The molecule has 2 aromatic rings. The average Bonchev–Trinajstić information content (AvgIpc) is 2.73. The molecular weight excluding hydrogens is 228 g/mol. The number of nitrogens with zero attached hydrogens (tertiary/aromatic N) is 4. The molecule has 0 fully saturated rings. The van der Waals surface area contributed by atoms with Crippen molar-refractivity contribution in [2.45, 2.75) is 30.7 Å². The van der Waals surface area contributed by atoms with E-state index in [4.69, 9.17) is 4.42 Å². The van der Waals surface area contributed by atoms with Crippen LogP contribution >= 0.6 is 11.8 Å². The minimum atomic E-state index is -0.0465. The van der Waals surface area contributed by atoms with E-state index in [0.717, 1.165) is 16.3 Å². The second-order valence-corrected chi connectivity index (χ2v) is 4.28. The predicted molar refractivity (Wildman–Crippen MR) is 57.0 cm³/mol. The van der Waals surface area contributed by atoms with Crippen molar-refractivity contribution in [3.8, 4) is 0 Å². The third-order valence-electron chi connectivity index (χ3n) is 2.14. The molecule has 2 rings (SSSR count). The maximum Gasteiger partial charge on any atom is 0.282 e. The third-order valence-corrected chi connectivity index (χ3v) is 3.18. The maximum atomic E-state index is 9.26. The second-order valence-electron chi connectivity index (χ2n) is 3.34. The fraction of sp³-hybridized carbons (Fsp3) is 0.444. The second kappa shape index (κ2) is 4.26. The van der Waals surface area contributed by atoms with Gasteiger partial charge in [-0.25, -0.2) is 0 Å². The number of aliphatic hydroxyl groups is 1. The van der Waals surface area contributed by atoms with Crippen LogP contribution in [0.25, 0.3) is 0 Å². The molecule has 6 nitrogen and oxygen atoms in total. The van der Waals surface area contributed by atoms with Crippen molar-refractivity contribution in [1.82, 2.24) is 20.0 Å². The molecule has 0 aliphatic heterocycles. The Morgan fingerprint density at radius 1 is 1.38 bits per heavy atom. The van der Waals surface area contributed by atoms with Crippen molar-refractivity contribution in [2.75, 3.05) is 0 Å². The molecule has 0 bridgehead atoms. The van der Waals surface area contributed by atoms with Gasteiger partial charge in [0, 0.05) is 19.5 Å². The summed E-state index contributed by atoms with van der Waals surface area (Å²) in [5, 5.41) is 22.4. The van der Waals surface area contributed by atoms with Crippen LogP contribution < -0.4 is 0 Å². The molecule has 2 aromatic heterocycles. The van der Waals surface area contributed by atoms with E-state index in [-0.39, 0.29) is 6.61 Å². The third kappa shape index (κ3) is 1.96. The zero-order chi connectivity index (χ0) is 11.7. The van der Waals surface area contributed by atoms with Gasteiger partial charge in [-0.05, 0) is 18.7 Å². The number of hydrogen-bond donors (Lipinski definition) is 1. The topological polar surface area (TPSA) is 77.0 Å². The van der Waals surface area contributed by atoms with Gasteiger partial charge in [0.15, 0.2) is 0 Å². The van der Waals surface area contributed by atoms with E-state index >= 15 is 0 Å². The number of aromatic nitrogens is 4. The van der Waals surface area contributed by atoms with Crippen LogP contribution in [-0.4, -0.2) is 25.1 Å². The van der Waals surface area contributed by atoms with Crippen molar-refractivity contribution < 1.29 is 9.52 Å². The molecule has 0 atom stereocenters. The lowest BCUT2D eigenvalue weighted by atomic mass is 10.3. The SMILES string of the molecule is Cc1nnc(Sc2c(CO)c(C)nn2C)o1. The van der Waals surface area contributed by atoms with Gasteiger partial charge < -0.3 is 9.52 Å². The van der Waals surface area contributed by atoms with Crippen molar-refractivity contribution in [3.05, 3.63) is 17.1 Å². The minimum Gasteiger partial charge on any atom is -0.416 e. The summed E-state index contributed by atoms with van der Waals surface area (Å²) < 4.78 is 6.97. The molecule has 0 aromatic carbocycles. The van der Waals surface area contributed by atoms with Crippen molar-refractivity contribution in [2.24, 2.45) is 7.05 Å². The summed E-state index contributed by atoms with van der Waals surface area (Å²) >= 11 is 1.31. The zero-order valence-electron chi connectivity index (χ0n) is 9.26. The van der Waals surface area contributed by atoms with Crippen LogP contribution in [0.2, 0.25) is 0 Å². The summed E-state index contributed by atoms with van der Waals surface area (Å²) in [6.07, 6.45) is 0. The van der Waals surface area contributed by atoms with Crippen LogP contribution in [0.5, 0.6) is 0 Å². The van der Waals surface area contributed by atoms with Gasteiger partial charge in [-0.1, -0.05) is 0 Å². The Morgan fingerprint density at radius 2 is 2.12 bits per heavy atom. The fourth-order valence-corrected chi connectivity index (χ4v) is 2.31. The minimum absolute atomic E-state index is 0.0465. The van der Waals surface area contributed by atoms with Gasteiger partial charge in [0.25, 0.3) is 5.22 Å². The molecule has 0 amide bonds. The molecule has 0 spiro atoms. The Balaban J connectivity index is 2.33. The summed E-state index contributed by atoms with van der Waals surface area (Å²) in [4.78, 5) is 0. The molecule has 2 heterocycles. The Morgan fingerprint density at radius 3 is 2.69 bits per heavy atom. The highest BCUT2D eigenvalue weighted by Gasteiger charge is 2.16. The van der Waals surface area contributed by atoms with E-state index in [2.05, 4.69) is 15.3 Å². The van der Waals surface area contributed by atoms with Crippen LogP contribution in [0, 0.1) is 13.8 Å². The largest absolute Gasteiger partial charge is 0.416 e. The van der Waals surface area contributed by atoms with Crippen LogP contribution in [-0.2, 0) is 13.7 Å². The van der Waals surface area contributed by atoms with Crippen molar-refractivity contribution in [1.29, 1.82) is 0 Å².